The number of sulfone groups is 1. The topological polar surface area (TPSA) is 55.4 Å². The van der Waals surface area contributed by atoms with Gasteiger partial charge in [-0.05, 0) is 60.5 Å². The van der Waals surface area contributed by atoms with E-state index in [4.69, 9.17) is 4.74 Å². The van der Waals surface area contributed by atoms with Crippen LogP contribution in [0.5, 0.6) is 0 Å². The molecule has 0 aromatic heterocycles. The molecule has 0 radical (unpaired) electrons. The molecular weight excluding hydrogens is 358 g/mol. The Morgan fingerprint density at radius 3 is 2.41 bits per heavy atom. The molecule has 0 aliphatic carbocycles. The lowest BCUT2D eigenvalue weighted by atomic mass is 9.95. The first-order chi connectivity index (χ1) is 13.0. The van der Waals surface area contributed by atoms with Crippen LogP contribution in [0.2, 0.25) is 0 Å². The van der Waals surface area contributed by atoms with E-state index in [1.807, 2.05) is 12.1 Å². The number of ether oxygens (including phenoxy) is 1. The molecule has 1 N–H and O–H groups in total. The molecular formula is C22H29NO3S. The van der Waals surface area contributed by atoms with Gasteiger partial charge >= 0.3 is 0 Å². The molecule has 1 aliphatic heterocycles. The van der Waals surface area contributed by atoms with Crippen LogP contribution in [-0.4, -0.2) is 34.4 Å². The van der Waals surface area contributed by atoms with Crippen molar-refractivity contribution in [2.24, 2.45) is 5.92 Å². The van der Waals surface area contributed by atoms with E-state index < -0.39 is 9.84 Å². The second-order valence-electron chi connectivity index (χ2n) is 7.34. The van der Waals surface area contributed by atoms with Gasteiger partial charge in [0, 0.05) is 19.5 Å². The predicted octanol–water partition coefficient (Wildman–Crippen LogP) is 3.76. The van der Waals surface area contributed by atoms with Gasteiger partial charge in [0.1, 0.15) is 0 Å². The van der Waals surface area contributed by atoms with Crippen LogP contribution in [-0.2, 0) is 21.0 Å². The quantitative estimate of drug-likeness (QED) is 0.786. The van der Waals surface area contributed by atoms with Crippen LogP contribution in [0.15, 0.2) is 53.4 Å². The molecule has 1 unspecified atom stereocenters. The highest BCUT2D eigenvalue weighted by atomic mass is 32.2. The molecule has 0 saturated carbocycles. The molecule has 2 aromatic rings. The van der Waals surface area contributed by atoms with Crippen molar-refractivity contribution < 1.29 is 13.2 Å². The second kappa shape index (κ2) is 9.00. The van der Waals surface area contributed by atoms with Crippen LogP contribution in [0.4, 0.5) is 0 Å². The van der Waals surface area contributed by atoms with E-state index >= 15 is 0 Å². The molecule has 1 atom stereocenters. The number of hydrogen-bond donors (Lipinski definition) is 1. The Hall–Kier alpha value is -1.69. The Bertz CT molecular complexity index is 840. The lowest BCUT2D eigenvalue weighted by Crippen LogP contribution is -2.31. The van der Waals surface area contributed by atoms with Crippen molar-refractivity contribution in [1.29, 1.82) is 0 Å². The fourth-order valence-corrected chi connectivity index (χ4v) is 4.21. The summed E-state index contributed by atoms with van der Waals surface area (Å²) in [5.74, 6) is 0.592. The van der Waals surface area contributed by atoms with Gasteiger partial charge in [-0.15, -0.1) is 0 Å². The maximum Gasteiger partial charge on any atom is 0.175 e. The average molecular weight is 388 g/mol. The minimum Gasteiger partial charge on any atom is -0.381 e. The van der Waals surface area contributed by atoms with Crippen LogP contribution in [0.3, 0.4) is 0 Å². The van der Waals surface area contributed by atoms with Gasteiger partial charge in [0.05, 0.1) is 10.9 Å². The molecule has 1 aliphatic rings. The van der Waals surface area contributed by atoms with Crippen molar-refractivity contribution in [2.45, 2.75) is 37.1 Å². The minimum absolute atomic E-state index is 0.0274. The summed E-state index contributed by atoms with van der Waals surface area (Å²) in [7, 11) is -3.23. The van der Waals surface area contributed by atoms with E-state index in [2.05, 4.69) is 36.5 Å². The number of rotatable bonds is 7. The third-order valence-corrected chi connectivity index (χ3v) is 6.40. The van der Waals surface area contributed by atoms with Crippen molar-refractivity contribution >= 4 is 9.84 Å². The van der Waals surface area contributed by atoms with Gasteiger partial charge in [-0.2, -0.15) is 0 Å². The third-order valence-electron chi connectivity index (χ3n) is 5.29. The van der Waals surface area contributed by atoms with Crippen LogP contribution in [0, 0.1) is 5.92 Å². The van der Waals surface area contributed by atoms with Crippen LogP contribution in [0.25, 0.3) is 0 Å². The molecule has 0 bridgehead atoms. The fourth-order valence-electron chi connectivity index (χ4n) is 3.53. The lowest BCUT2D eigenvalue weighted by molar-refractivity contribution is 0.0658. The summed E-state index contributed by atoms with van der Waals surface area (Å²) >= 11 is 0. The molecule has 1 heterocycles. The molecule has 5 heteroatoms. The van der Waals surface area contributed by atoms with E-state index in [1.54, 1.807) is 12.1 Å². The van der Waals surface area contributed by atoms with Gasteiger partial charge in [-0.25, -0.2) is 8.42 Å². The number of aryl methyl sites for hydroxylation is 1. The Morgan fingerprint density at radius 2 is 1.78 bits per heavy atom. The number of nitrogens with one attached hydrogen (secondary N) is 1. The molecule has 3 rings (SSSR count). The Labute approximate surface area is 162 Å². The smallest absolute Gasteiger partial charge is 0.175 e. The highest BCUT2D eigenvalue weighted by Gasteiger charge is 2.20. The first kappa shape index (κ1) is 20.1. The number of benzene rings is 2. The van der Waals surface area contributed by atoms with E-state index in [1.165, 1.54) is 11.8 Å². The van der Waals surface area contributed by atoms with Gasteiger partial charge < -0.3 is 10.1 Å². The van der Waals surface area contributed by atoms with E-state index in [0.29, 0.717) is 10.8 Å². The monoisotopic (exact) mass is 387 g/mol. The highest BCUT2D eigenvalue weighted by molar-refractivity contribution is 7.90. The van der Waals surface area contributed by atoms with Crippen molar-refractivity contribution in [3.63, 3.8) is 0 Å². The van der Waals surface area contributed by atoms with E-state index in [9.17, 15) is 8.42 Å². The zero-order valence-electron chi connectivity index (χ0n) is 16.1. The zero-order valence-corrected chi connectivity index (χ0v) is 17.0. The Balaban J connectivity index is 1.88. The molecule has 0 amide bonds. The summed E-state index contributed by atoms with van der Waals surface area (Å²) in [6.45, 7) is 4.69. The van der Waals surface area contributed by atoms with Crippen molar-refractivity contribution in [1.82, 2.24) is 5.32 Å². The normalized spacial score (nSPS) is 17.0. The largest absolute Gasteiger partial charge is 0.381 e. The fraction of sp³-hybridized carbons (Fsp3) is 0.455. The third kappa shape index (κ3) is 5.41. The van der Waals surface area contributed by atoms with Gasteiger partial charge in [0.15, 0.2) is 9.84 Å². The highest BCUT2D eigenvalue weighted by Crippen LogP contribution is 2.26. The molecule has 4 nitrogen and oxygen atoms in total. The summed E-state index contributed by atoms with van der Waals surface area (Å²) in [5.41, 5.74) is 3.44. The standard InChI is InChI=1S/C22H29NO3S/c1-3-17-7-9-19(10-8-17)22(23-16-18-11-13-26-14-12-18)20-5-4-6-21(15-20)27(2,24)25/h4-10,15,18,22-23H,3,11-14,16H2,1-2H3. The molecule has 1 saturated heterocycles. The lowest BCUT2D eigenvalue weighted by Gasteiger charge is -2.26. The van der Waals surface area contributed by atoms with E-state index in [-0.39, 0.29) is 6.04 Å². The van der Waals surface area contributed by atoms with Gasteiger partial charge in [-0.1, -0.05) is 43.3 Å². The second-order valence-corrected chi connectivity index (χ2v) is 9.35. The van der Waals surface area contributed by atoms with Crippen molar-refractivity contribution in [2.75, 3.05) is 26.0 Å². The Kier molecular flexibility index (Phi) is 6.68. The average Bonchev–Trinajstić information content (AvgIpc) is 2.69. The molecule has 146 valence electrons. The van der Waals surface area contributed by atoms with Gasteiger partial charge in [-0.3, -0.25) is 0 Å². The predicted molar refractivity (Wildman–Crippen MR) is 109 cm³/mol. The van der Waals surface area contributed by atoms with Crippen LogP contribution < -0.4 is 5.32 Å². The van der Waals surface area contributed by atoms with Gasteiger partial charge in [0.25, 0.3) is 0 Å². The summed E-state index contributed by atoms with van der Waals surface area (Å²) in [6, 6.07) is 15.9. The van der Waals surface area contributed by atoms with Crippen molar-refractivity contribution in [3.05, 3.63) is 65.2 Å². The maximum atomic E-state index is 12.0. The molecule has 0 spiro atoms. The zero-order chi connectivity index (χ0) is 19.3. The summed E-state index contributed by atoms with van der Waals surface area (Å²) in [6.07, 6.45) is 4.40. The molecule has 1 fully saturated rings. The minimum atomic E-state index is -3.23. The summed E-state index contributed by atoms with van der Waals surface area (Å²) < 4.78 is 29.5. The van der Waals surface area contributed by atoms with Crippen molar-refractivity contribution in [3.8, 4) is 0 Å². The molecule has 27 heavy (non-hydrogen) atoms. The SMILES string of the molecule is CCc1ccc(C(NCC2CCOCC2)c2cccc(S(C)(=O)=O)c2)cc1. The maximum absolute atomic E-state index is 12.0. The van der Waals surface area contributed by atoms with Crippen LogP contribution in [0.1, 0.15) is 42.5 Å². The Morgan fingerprint density at radius 1 is 1.07 bits per heavy atom. The first-order valence-electron chi connectivity index (χ1n) is 9.67. The van der Waals surface area contributed by atoms with Gasteiger partial charge in [0.2, 0.25) is 0 Å². The summed E-state index contributed by atoms with van der Waals surface area (Å²) in [5, 5.41) is 3.69. The molecule has 2 aromatic carbocycles. The number of hydrogen-bond acceptors (Lipinski definition) is 4. The van der Waals surface area contributed by atoms with Crippen LogP contribution >= 0.6 is 0 Å². The first-order valence-corrected chi connectivity index (χ1v) is 11.6. The van der Waals surface area contributed by atoms with E-state index in [0.717, 1.165) is 50.1 Å². The summed E-state index contributed by atoms with van der Waals surface area (Å²) in [4.78, 5) is 0.364.